The second kappa shape index (κ2) is 33.3. The van der Waals surface area contributed by atoms with Gasteiger partial charge in [0.15, 0.2) is 0 Å². The van der Waals surface area contributed by atoms with Gasteiger partial charge >= 0.3 is 23.9 Å². The predicted octanol–water partition coefficient (Wildman–Crippen LogP) is 17.7. The molecule has 4 bridgehead atoms. The summed E-state index contributed by atoms with van der Waals surface area (Å²) in [4.78, 5) is 49.4. The highest BCUT2D eigenvalue weighted by Crippen LogP contribution is 2.63. The molecule has 77 heavy (non-hydrogen) atoms. The van der Waals surface area contributed by atoms with Crippen LogP contribution in [0.4, 0.5) is 0 Å². The number of fused-ring (bicyclic) bond motifs is 10. The van der Waals surface area contributed by atoms with Crippen LogP contribution in [-0.4, -0.2) is 50.3 Å². The summed E-state index contributed by atoms with van der Waals surface area (Å²) < 4.78 is 22.8. The van der Waals surface area contributed by atoms with Crippen molar-refractivity contribution in [2.24, 2.45) is 94.7 Å². The molecule has 16 atom stereocenters. The van der Waals surface area contributed by atoms with Crippen LogP contribution in [0, 0.1) is 94.7 Å². The largest absolute Gasteiger partial charge is 0.465 e. The topological polar surface area (TPSA) is 105 Å². The summed E-state index contributed by atoms with van der Waals surface area (Å²) in [5.74, 6) is 10.8. The van der Waals surface area contributed by atoms with E-state index in [2.05, 4.69) is 27.0 Å². The molecule has 0 aromatic carbocycles. The first-order chi connectivity index (χ1) is 37.6. The minimum absolute atomic E-state index is 0.00262. The maximum Gasteiger partial charge on any atom is 0.333 e. The van der Waals surface area contributed by atoms with E-state index in [4.69, 9.17) is 18.9 Å². The van der Waals surface area contributed by atoms with Gasteiger partial charge in [0, 0.05) is 24.5 Å². The lowest BCUT2D eigenvalue weighted by Crippen LogP contribution is -2.35. The van der Waals surface area contributed by atoms with E-state index >= 15 is 0 Å². The van der Waals surface area contributed by atoms with Crippen molar-refractivity contribution in [3.63, 3.8) is 0 Å². The Bertz CT molecular complexity index is 1790. The fraction of sp³-hybridized carbons (Fsp3) is 0.884. The van der Waals surface area contributed by atoms with Crippen LogP contribution in [0.1, 0.15) is 265 Å². The first kappa shape index (κ1) is 62.0. The van der Waals surface area contributed by atoms with E-state index in [9.17, 15) is 19.2 Å². The third kappa shape index (κ3) is 19.0. The van der Waals surface area contributed by atoms with Crippen molar-refractivity contribution >= 4 is 23.9 Å². The van der Waals surface area contributed by atoms with Gasteiger partial charge in [-0.05, 0) is 192 Å². The van der Waals surface area contributed by atoms with Gasteiger partial charge < -0.3 is 18.9 Å². The summed E-state index contributed by atoms with van der Waals surface area (Å²) >= 11 is 0. The van der Waals surface area contributed by atoms with Crippen molar-refractivity contribution in [3.05, 3.63) is 24.8 Å². The van der Waals surface area contributed by atoms with Gasteiger partial charge in [0.05, 0.1) is 26.4 Å². The molecule has 0 radical (unpaired) electrons. The predicted molar refractivity (Wildman–Crippen MR) is 311 cm³/mol. The van der Waals surface area contributed by atoms with E-state index in [1.54, 1.807) is 6.92 Å². The van der Waals surface area contributed by atoms with Crippen molar-refractivity contribution in [2.75, 3.05) is 26.4 Å². The van der Waals surface area contributed by atoms with Gasteiger partial charge in [0.25, 0.3) is 0 Å². The summed E-state index contributed by atoms with van der Waals surface area (Å²) in [6.07, 6.45) is 49.2. The zero-order valence-corrected chi connectivity index (χ0v) is 49.7. The number of hydrogen-bond donors (Lipinski definition) is 0. The van der Waals surface area contributed by atoms with Crippen LogP contribution in [0.3, 0.4) is 0 Å². The minimum Gasteiger partial charge on any atom is -0.465 e. The Morgan fingerprint density at radius 3 is 1.27 bits per heavy atom. The van der Waals surface area contributed by atoms with Crippen LogP contribution < -0.4 is 0 Å². The average Bonchev–Trinajstić information content (AvgIpc) is 4.45. The Hall–Kier alpha value is -2.64. The first-order valence-electron chi connectivity index (χ1n) is 33.5. The molecule has 0 spiro atoms. The van der Waals surface area contributed by atoms with Gasteiger partial charge in [0.1, 0.15) is 0 Å². The third-order valence-electron chi connectivity index (χ3n) is 22.1. The molecule has 0 N–H and O–H groups in total. The Kier molecular flexibility index (Phi) is 26.8. The van der Waals surface area contributed by atoms with Crippen molar-refractivity contribution in [1.29, 1.82) is 0 Å². The third-order valence-corrected chi connectivity index (χ3v) is 22.1. The summed E-state index contributed by atoms with van der Waals surface area (Å²) in [7, 11) is 0. The molecular weight excluding hydrogens is 957 g/mol. The molecular formula is C69H114O8. The number of carbonyl (C=O) groups excluding carboxylic acids is 4. The maximum absolute atomic E-state index is 12.9. The maximum atomic E-state index is 12.9. The molecule has 8 nitrogen and oxygen atoms in total. The monoisotopic (exact) mass is 1070 g/mol. The second-order valence-corrected chi connectivity index (χ2v) is 27.4. The Labute approximate surface area is 470 Å². The summed E-state index contributed by atoms with van der Waals surface area (Å²) in [5.41, 5.74) is 0.480. The fourth-order valence-electron chi connectivity index (χ4n) is 18.3. The van der Waals surface area contributed by atoms with Crippen molar-refractivity contribution < 1.29 is 38.1 Å². The highest BCUT2D eigenvalue weighted by atomic mass is 16.5. The number of ether oxygens (including phenoxy) is 4. The van der Waals surface area contributed by atoms with E-state index in [-0.39, 0.29) is 23.9 Å². The zero-order chi connectivity index (χ0) is 54.4. The number of hydrogen-bond acceptors (Lipinski definition) is 8. The van der Waals surface area contributed by atoms with Gasteiger partial charge in [-0.1, -0.05) is 168 Å². The Morgan fingerprint density at radius 1 is 0.416 bits per heavy atom. The number of carbonyl (C=O) groups is 4. The molecule has 7 saturated carbocycles. The Balaban J connectivity index is 0.766. The SMILES string of the molecule is C=CC(=O)OCC1C[C@@H]2C3CC(CC3COC(=O)CCCCCCCCC3C(CCCCCCCC)CCC(CCCCCC)C3CCCCCCCCC(=O)OCC3C[C@@H]4C5CC(CC5COC(=O)C(=C)C)[C@@H]4C3)[C@@H]2C1. The Morgan fingerprint density at radius 2 is 0.805 bits per heavy atom. The molecule has 12 unspecified atom stereocenters. The molecule has 7 aliphatic carbocycles. The molecule has 438 valence electrons. The average molecular weight is 1070 g/mol. The smallest absolute Gasteiger partial charge is 0.333 e. The van der Waals surface area contributed by atoms with E-state index in [1.807, 2.05) is 0 Å². The zero-order valence-electron chi connectivity index (χ0n) is 49.7. The summed E-state index contributed by atoms with van der Waals surface area (Å²) in [6, 6.07) is 0. The minimum atomic E-state index is -0.311. The van der Waals surface area contributed by atoms with Crippen LogP contribution >= 0.6 is 0 Å². The van der Waals surface area contributed by atoms with E-state index in [0.29, 0.717) is 92.2 Å². The first-order valence-corrected chi connectivity index (χ1v) is 33.5. The van der Waals surface area contributed by atoms with Gasteiger partial charge in [-0.15, -0.1) is 0 Å². The molecule has 0 heterocycles. The summed E-state index contributed by atoms with van der Waals surface area (Å²) in [6.45, 7) is 15.9. The van der Waals surface area contributed by atoms with Gasteiger partial charge in [-0.3, -0.25) is 9.59 Å². The lowest BCUT2D eigenvalue weighted by atomic mass is 9.61. The lowest BCUT2D eigenvalue weighted by molar-refractivity contribution is -0.146. The van der Waals surface area contributed by atoms with Gasteiger partial charge in [-0.25, -0.2) is 9.59 Å². The number of unbranched alkanes of at least 4 members (excludes halogenated alkanes) is 18. The second-order valence-electron chi connectivity index (χ2n) is 27.4. The molecule has 0 saturated heterocycles. The fourth-order valence-corrected chi connectivity index (χ4v) is 18.3. The van der Waals surface area contributed by atoms with Crippen molar-refractivity contribution in [2.45, 2.75) is 265 Å². The normalized spacial score (nSPS) is 32.5. The van der Waals surface area contributed by atoms with E-state index in [0.717, 1.165) is 79.4 Å². The van der Waals surface area contributed by atoms with Crippen LogP contribution in [-0.2, 0) is 38.1 Å². The molecule has 0 aromatic heterocycles. The van der Waals surface area contributed by atoms with Crippen LogP contribution in [0.25, 0.3) is 0 Å². The molecule has 8 heteroatoms. The lowest BCUT2D eigenvalue weighted by Gasteiger charge is -2.44. The summed E-state index contributed by atoms with van der Waals surface area (Å²) in [5, 5.41) is 0. The number of esters is 4. The van der Waals surface area contributed by atoms with Gasteiger partial charge in [-0.2, -0.15) is 0 Å². The van der Waals surface area contributed by atoms with Crippen LogP contribution in [0.5, 0.6) is 0 Å². The van der Waals surface area contributed by atoms with Gasteiger partial charge in [0.2, 0.25) is 0 Å². The van der Waals surface area contributed by atoms with Crippen molar-refractivity contribution in [3.8, 4) is 0 Å². The van der Waals surface area contributed by atoms with E-state index in [1.165, 1.54) is 205 Å². The molecule has 7 rings (SSSR count). The molecule has 7 fully saturated rings. The van der Waals surface area contributed by atoms with E-state index < -0.39 is 0 Å². The molecule has 0 amide bonds. The molecule has 0 aliphatic heterocycles. The van der Waals surface area contributed by atoms with Crippen LogP contribution in [0.15, 0.2) is 24.8 Å². The molecule has 0 aromatic rings. The standard InChI is InChI=1S/C69H114O8/c1-6-9-11-13-18-24-30-53-36-35-52(29-23-12-10-7-2)58(31-25-19-14-16-21-27-33-67(71)75-46-51-38-61-55-42-57(48-77-69(73)49(4)5)63(44-55)65(61)40-51)59(53)32-26-20-15-17-22-28-34-68(72)76-47-56-41-54-43-62(56)64-39-50(37-60(54)64)45-74-66(70)8-3/h8,50-65H,3-4,6-7,9-48H2,1-2,5H3/t50?,51?,52?,53?,54?,55?,56?,57?,58?,59?,60-,61-,62?,63?,64-,65-/m0/s1. The highest BCUT2D eigenvalue weighted by Gasteiger charge is 2.57. The quantitative estimate of drug-likeness (QED) is 0.0259. The highest BCUT2D eigenvalue weighted by molar-refractivity contribution is 5.86. The number of rotatable bonds is 40. The van der Waals surface area contributed by atoms with Crippen molar-refractivity contribution in [1.82, 2.24) is 0 Å². The van der Waals surface area contributed by atoms with Crippen LogP contribution in [0.2, 0.25) is 0 Å². The molecule has 7 aliphatic rings.